The molecule has 1 amide bonds. The van der Waals surface area contributed by atoms with E-state index < -0.39 is 5.60 Å². The molecule has 0 aromatic rings. The molecule has 0 rings (SSSR count). The molecule has 3 nitrogen and oxygen atoms in total. The summed E-state index contributed by atoms with van der Waals surface area (Å²) in [7, 11) is 0. The Bertz CT molecular complexity index is 149. The quantitative estimate of drug-likeness (QED) is 0.618. The Kier molecular flexibility index (Phi) is 5.71. The summed E-state index contributed by atoms with van der Waals surface area (Å²) in [5.41, 5.74) is -1.25. The first-order chi connectivity index (χ1) is 5.98. The lowest BCUT2D eigenvalue weighted by atomic mass is 10.1. The maximum atomic E-state index is 11.1. The fourth-order valence-electron chi connectivity index (χ4n) is 0.970. The SMILES string of the molecule is CCCCCCNC(=O)C(C)(C)O. The standard InChI is InChI=1S/C10H21NO2/c1-4-5-6-7-8-11-9(12)10(2,3)13/h13H,4-8H2,1-3H3,(H,11,12). The van der Waals surface area contributed by atoms with Crippen LogP contribution in [0.25, 0.3) is 0 Å². The molecule has 0 spiro atoms. The molecule has 0 aromatic heterocycles. The van der Waals surface area contributed by atoms with Gasteiger partial charge >= 0.3 is 0 Å². The first-order valence-corrected chi connectivity index (χ1v) is 4.99. The number of rotatable bonds is 6. The second-order valence-corrected chi connectivity index (χ2v) is 3.88. The largest absolute Gasteiger partial charge is 0.381 e. The van der Waals surface area contributed by atoms with E-state index in [4.69, 9.17) is 0 Å². The molecule has 0 bridgehead atoms. The molecule has 0 atom stereocenters. The Labute approximate surface area is 80.5 Å². The molecule has 0 fully saturated rings. The first kappa shape index (κ1) is 12.4. The minimum atomic E-state index is -1.25. The molecule has 78 valence electrons. The van der Waals surface area contributed by atoms with E-state index in [1.165, 1.54) is 26.7 Å². The summed E-state index contributed by atoms with van der Waals surface area (Å²) in [6.07, 6.45) is 4.54. The Balaban J connectivity index is 3.38. The maximum absolute atomic E-state index is 11.1. The number of hydrogen-bond donors (Lipinski definition) is 2. The van der Waals surface area contributed by atoms with Crippen molar-refractivity contribution in [1.82, 2.24) is 5.32 Å². The fraction of sp³-hybridized carbons (Fsp3) is 0.900. The lowest BCUT2D eigenvalue weighted by Crippen LogP contribution is -2.42. The molecule has 0 radical (unpaired) electrons. The van der Waals surface area contributed by atoms with Crippen molar-refractivity contribution in [3.05, 3.63) is 0 Å². The monoisotopic (exact) mass is 187 g/mol. The predicted octanol–water partition coefficient (Wildman–Crippen LogP) is 1.45. The third kappa shape index (κ3) is 6.58. The van der Waals surface area contributed by atoms with Crippen LogP contribution in [0, 0.1) is 0 Å². The maximum Gasteiger partial charge on any atom is 0.251 e. The van der Waals surface area contributed by atoms with Gasteiger partial charge < -0.3 is 10.4 Å². The highest BCUT2D eigenvalue weighted by Gasteiger charge is 2.22. The van der Waals surface area contributed by atoms with Crippen molar-refractivity contribution in [3.63, 3.8) is 0 Å². The molecule has 0 saturated carbocycles. The summed E-state index contributed by atoms with van der Waals surface area (Å²) >= 11 is 0. The summed E-state index contributed by atoms with van der Waals surface area (Å²) in [4.78, 5) is 11.1. The number of hydrogen-bond acceptors (Lipinski definition) is 2. The molecule has 0 aliphatic carbocycles. The Morgan fingerprint density at radius 2 is 1.92 bits per heavy atom. The van der Waals surface area contributed by atoms with Gasteiger partial charge in [-0.1, -0.05) is 26.2 Å². The van der Waals surface area contributed by atoms with E-state index >= 15 is 0 Å². The van der Waals surface area contributed by atoms with Crippen molar-refractivity contribution < 1.29 is 9.90 Å². The van der Waals surface area contributed by atoms with Crippen LogP contribution >= 0.6 is 0 Å². The third-order valence-corrected chi connectivity index (χ3v) is 1.87. The highest BCUT2D eigenvalue weighted by atomic mass is 16.3. The minimum Gasteiger partial charge on any atom is -0.381 e. The second-order valence-electron chi connectivity index (χ2n) is 3.88. The smallest absolute Gasteiger partial charge is 0.251 e. The zero-order valence-corrected chi connectivity index (χ0v) is 8.89. The topological polar surface area (TPSA) is 49.3 Å². The van der Waals surface area contributed by atoms with Crippen LogP contribution in [0.3, 0.4) is 0 Å². The first-order valence-electron chi connectivity index (χ1n) is 4.99. The molecule has 3 heteroatoms. The van der Waals surface area contributed by atoms with Crippen molar-refractivity contribution >= 4 is 5.91 Å². The molecule has 0 aliphatic heterocycles. The van der Waals surface area contributed by atoms with Crippen LogP contribution in [0.15, 0.2) is 0 Å². The molecule has 0 aliphatic rings. The van der Waals surface area contributed by atoms with E-state index in [0.29, 0.717) is 6.54 Å². The Morgan fingerprint density at radius 3 is 2.38 bits per heavy atom. The summed E-state index contributed by atoms with van der Waals surface area (Å²) in [6, 6.07) is 0. The van der Waals surface area contributed by atoms with Gasteiger partial charge in [0, 0.05) is 6.54 Å². The van der Waals surface area contributed by atoms with Crippen molar-refractivity contribution in [2.45, 2.75) is 52.1 Å². The van der Waals surface area contributed by atoms with Crippen LogP contribution in [0.2, 0.25) is 0 Å². The lowest BCUT2D eigenvalue weighted by Gasteiger charge is -2.16. The number of carbonyl (C=O) groups is 1. The van der Waals surface area contributed by atoms with E-state index in [9.17, 15) is 9.90 Å². The molecule has 0 heterocycles. The van der Waals surface area contributed by atoms with E-state index in [0.717, 1.165) is 12.8 Å². The van der Waals surface area contributed by atoms with Crippen LogP contribution in [0.5, 0.6) is 0 Å². The third-order valence-electron chi connectivity index (χ3n) is 1.87. The van der Waals surface area contributed by atoms with Crippen molar-refractivity contribution in [1.29, 1.82) is 0 Å². The van der Waals surface area contributed by atoms with E-state index in [-0.39, 0.29) is 5.91 Å². The summed E-state index contributed by atoms with van der Waals surface area (Å²) < 4.78 is 0. The molecular formula is C10H21NO2. The van der Waals surface area contributed by atoms with Gasteiger partial charge in [0.05, 0.1) is 0 Å². The number of nitrogens with one attached hydrogen (secondary N) is 1. The molecule has 13 heavy (non-hydrogen) atoms. The van der Waals surface area contributed by atoms with Gasteiger partial charge in [0.25, 0.3) is 5.91 Å². The van der Waals surface area contributed by atoms with Gasteiger partial charge in [-0.05, 0) is 20.3 Å². The lowest BCUT2D eigenvalue weighted by molar-refractivity contribution is -0.136. The second kappa shape index (κ2) is 5.97. The molecule has 0 saturated heterocycles. The molecule has 0 aromatic carbocycles. The van der Waals surface area contributed by atoms with Crippen LogP contribution in [-0.2, 0) is 4.79 Å². The summed E-state index contributed by atoms with van der Waals surface area (Å²) in [5, 5.41) is 12.0. The zero-order chi connectivity index (χ0) is 10.3. The zero-order valence-electron chi connectivity index (χ0n) is 8.89. The minimum absolute atomic E-state index is 0.288. The van der Waals surface area contributed by atoms with E-state index in [1.54, 1.807) is 0 Å². The van der Waals surface area contributed by atoms with E-state index in [1.807, 2.05) is 0 Å². The van der Waals surface area contributed by atoms with Crippen LogP contribution in [0.1, 0.15) is 46.5 Å². The predicted molar refractivity (Wildman–Crippen MR) is 53.4 cm³/mol. The van der Waals surface area contributed by atoms with Gasteiger partial charge in [0.2, 0.25) is 0 Å². The van der Waals surface area contributed by atoms with Crippen molar-refractivity contribution in [2.75, 3.05) is 6.54 Å². The Hall–Kier alpha value is -0.570. The summed E-state index contributed by atoms with van der Waals surface area (Å²) in [5.74, 6) is -0.288. The fourth-order valence-corrected chi connectivity index (χ4v) is 0.970. The van der Waals surface area contributed by atoms with Gasteiger partial charge in [0.1, 0.15) is 5.60 Å². The van der Waals surface area contributed by atoms with Gasteiger partial charge in [-0.25, -0.2) is 0 Å². The number of unbranched alkanes of at least 4 members (excludes halogenated alkanes) is 3. The van der Waals surface area contributed by atoms with Gasteiger partial charge in [-0.2, -0.15) is 0 Å². The average molecular weight is 187 g/mol. The Morgan fingerprint density at radius 1 is 1.31 bits per heavy atom. The molecule has 2 N–H and O–H groups in total. The highest BCUT2D eigenvalue weighted by molar-refractivity contribution is 5.83. The normalized spacial score (nSPS) is 11.4. The molecular weight excluding hydrogens is 166 g/mol. The van der Waals surface area contributed by atoms with Gasteiger partial charge in [-0.15, -0.1) is 0 Å². The number of amides is 1. The van der Waals surface area contributed by atoms with E-state index in [2.05, 4.69) is 12.2 Å². The van der Waals surface area contributed by atoms with Gasteiger partial charge in [-0.3, -0.25) is 4.79 Å². The average Bonchev–Trinajstić information content (AvgIpc) is 2.02. The highest BCUT2D eigenvalue weighted by Crippen LogP contribution is 2.01. The van der Waals surface area contributed by atoms with Crippen molar-refractivity contribution in [3.8, 4) is 0 Å². The van der Waals surface area contributed by atoms with Crippen LogP contribution in [-0.4, -0.2) is 23.2 Å². The molecule has 0 unspecified atom stereocenters. The van der Waals surface area contributed by atoms with Gasteiger partial charge in [0.15, 0.2) is 0 Å². The van der Waals surface area contributed by atoms with Crippen molar-refractivity contribution in [2.24, 2.45) is 0 Å². The van der Waals surface area contributed by atoms with Crippen LogP contribution < -0.4 is 5.32 Å². The number of aliphatic hydroxyl groups is 1. The number of carbonyl (C=O) groups excluding carboxylic acids is 1. The summed E-state index contributed by atoms with van der Waals surface area (Å²) in [6.45, 7) is 5.81. The van der Waals surface area contributed by atoms with Crippen LogP contribution in [0.4, 0.5) is 0 Å².